The van der Waals surface area contributed by atoms with Gasteiger partial charge in [-0.15, -0.1) is 0 Å². The Morgan fingerprint density at radius 2 is 1.84 bits per heavy atom. The first-order valence-corrected chi connectivity index (χ1v) is 20.1. The number of hydrogen-bond acceptors (Lipinski definition) is 13. The highest BCUT2D eigenvalue weighted by Gasteiger charge is 2.57. The van der Waals surface area contributed by atoms with E-state index in [0.29, 0.717) is 17.4 Å². The van der Waals surface area contributed by atoms with Crippen molar-refractivity contribution in [3.8, 4) is 0 Å². The molecule has 0 aliphatic carbocycles. The van der Waals surface area contributed by atoms with Crippen LogP contribution >= 0.6 is 28.1 Å². The van der Waals surface area contributed by atoms with E-state index in [1.807, 2.05) is 38.9 Å². The highest BCUT2D eigenvalue weighted by atomic mass is 79.9. The molecular weight excluding hydrogens is 796 g/mol. The van der Waals surface area contributed by atoms with Crippen LogP contribution in [-0.2, 0) is 38.1 Å². The first-order valence-electron chi connectivity index (χ1n) is 18.9. The number of amides is 1. The third-order valence-electron chi connectivity index (χ3n) is 11.2. The van der Waals surface area contributed by atoms with E-state index in [9.17, 15) is 24.3 Å². The Hall–Kier alpha value is -3.02. The summed E-state index contributed by atoms with van der Waals surface area (Å²) >= 11 is 8.71. The lowest BCUT2D eigenvalue weighted by molar-refractivity contribution is -0.292. The summed E-state index contributed by atoms with van der Waals surface area (Å²) in [6.45, 7) is 13.6. The molecule has 3 aliphatic rings. The first-order chi connectivity index (χ1) is 25.7. The van der Waals surface area contributed by atoms with Gasteiger partial charge in [-0.25, -0.2) is 9.78 Å². The Kier molecular flexibility index (Phi) is 15.0. The summed E-state index contributed by atoms with van der Waals surface area (Å²) < 4.78 is 31.8. The van der Waals surface area contributed by atoms with Crippen LogP contribution in [0.4, 0.5) is 4.79 Å². The summed E-state index contributed by atoms with van der Waals surface area (Å²) in [7, 11) is 3.67. The molecule has 1 aromatic heterocycles. The van der Waals surface area contributed by atoms with Crippen LogP contribution in [0.3, 0.4) is 0 Å². The molecule has 0 spiro atoms. The van der Waals surface area contributed by atoms with E-state index in [4.69, 9.17) is 35.9 Å². The van der Waals surface area contributed by atoms with Crippen LogP contribution in [0.5, 0.6) is 0 Å². The van der Waals surface area contributed by atoms with Gasteiger partial charge in [-0.3, -0.25) is 14.4 Å². The van der Waals surface area contributed by atoms with Gasteiger partial charge in [0.1, 0.15) is 40.2 Å². The van der Waals surface area contributed by atoms with Crippen LogP contribution in [0.2, 0.25) is 0 Å². The molecule has 1 amide bonds. The Bertz CT molecular complexity index is 1600. The number of aliphatic hydroxyl groups excluding tert-OH is 1. The van der Waals surface area contributed by atoms with E-state index in [1.54, 1.807) is 59.0 Å². The molecule has 3 saturated heterocycles. The predicted molar refractivity (Wildman–Crippen MR) is 212 cm³/mol. The van der Waals surface area contributed by atoms with E-state index in [1.165, 1.54) is 6.92 Å². The highest BCUT2D eigenvalue weighted by molar-refractivity contribution is 9.10. The Morgan fingerprint density at radius 3 is 2.45 bits per heavy atom. The zero-order chi connectivity index (χ0) is 41.0. The number of cyclic esters (lactones) is 1. The van der Waals surface area contributed by atoms with E-state index < -0.39 is 83.4 Å². The number of aliphatic hydroxyl groups is 1. The number of aromatic nitrogens is 1. The molecule has 4 rings (SSSR count). The minimum atomic E-state index is -1.69. The number of pyridine rings is 1. The van der Waals surface area contributed by atoms with Crippen LogP contribution < -0.4 is 10.6 Å². The zero-order valence-electron chi connectivity index (χ0n) is 33.4. The SMILES string of the molecule is CC[C@H]1OC(=O)[C@H](C)C(=O)[C@H](C)C(O[C@@H]2O[C@H](C)C[C@H](N(C)C)[C@H]2O)[C@](C)(OC(=O)NC/C=C/c2ccc(Br)nc2)C[C@@H](C)C(=O)[C@H](C)[C@@H]2NC(=S)O[C@]12C. The third kappa shape index (κ3) is 10.3. The largest absolute Gasteiger partial charge is 0.459 e. The molecule has 1 aromatic rings. The molecule has 0 saturated carbocycles. The van der Waals surface area contributed by atoms with Gasteiger partial charge in [-0.1, -0.05) is 45.9 Å². The van der Waals surface area contributed by atoms with Crippen molar-refractivity contribution in [2.45, 2.75) is 129 Å². The van der Waals surface area contributed by atoms with Gasteiger partial charge >= 0.3 is 12.1 Å². The quantitative estimate of drug-likeness (QED) is 0.143. The maximum Gasteiger partial charge on any atom is 0.408 e. The number of ketones is 2. The third-order valence-corrected chi connectivity index (χ3v) is 11.9. The lowest BCUT2D eigenvalue weighted by Gasteiger charge is -2.47. The first kappa shape index (κ1) is 44.7. The molecule has 4 heterocycles. The number of rotatable bonds is 8. The highest BCUT2D eigenvalue weighted by Crippen LogP contribution is 2.40. The summed E-state index contributed by atoms with van der Waals surface area (Å²) in [5.74, 6) is -5.44. The fourth-order valence-corrected chi connectivity index (χ4v) is 8.70. The van der Waals surface area contributed by atoms with Crippen molar-refractivity contribution in [2.75, 3.05) is 20.6 Å². The van der Waals surface area contributed by atoms with Gasteiger partial charge in [0, 0.05) is 36.5 Å². The monoisotopic (exact) mass is 852 g/mol. The van der Waals surface area contributed by atoms with Crippen molar-refractivity contribution in [2.24, 2.45) is 23.7 Å². The standard InChI is InChI=1S/C39H57BrN4O10S/c1-11-27-39(8)32(43-37(55)54-39)22(4)29(45)20(2)18-38(7,53-36(49)41-16-12-13-25-14-15-28(40)42-19-25)33(23(5)30(46)24(6)34(48)51-27)52-35-31(47)26(44(9)10)17-21(3)50-35/h12-15,19-24,26-27,31-33,35,47H,11,16-18H2,1-10H3,(H,41,49)(H,43,55)/b13-12+/t20-,21-,22+,23+,24-,26+,27-,31-,32+,33?,35+,38-,39-/m1/s1. The van der Waals surface area contributed by atoms with E-state index >= 15 is 0 Å². The van der Waals surface area contributed by atoms with Gasteiger partial charge in [0.15, 0.2) is 17.7 Å². The van der Waals surface area contributed by atoms with E-state index in [-0.39, 0.29) is 36.1 Å². The molecule has 13 atom stereocenters. The number of esters is 1. The number of hydrogen-bond donors (Lipinski definition) is 3. The van der Waals surface area contributed by atoms with Gasteiger partial charge in [-0.2, -0.15) is 0 Å². The Morgan fingerprint density at radius 1 is 1.15 bits per heavy atom. The van der Waals surface area contributed by atoms with Crippen molar-refractivity contribution in [1.29, 1.82) is 0 Å². The molecule has 306 valence electrons. The predicted octanol–water partition coefficient (Wildman–Crippen LogP) is 4.59. The van der Waals surface area contributed by atoms with E-state index in [2.05, 4.69) is 31.5 Å². The molecule has 14 nitrogen and oxygen atoms in total. The van der Waals surface area contributed by atoms with Crippen LogP contribution in [0.25, 0.3) is 6.08 Å². The molecule has 3 fully saturated rings. The van der Waals surface area contributed by atoms with Crippen molar-refractivity contribution >= 4 is 63.0 Å². The minimum absolute atomic E-state index is 0.0661. The van der Waals surface area contributed by atoms with Crippen LogP contribution in [0.15, 0.2) is 29.0 Å². The number of thiocarbonyl (C=S) groups is 1. The summed E-state index contributed by atoms with van der Waals surface area (Å²) in [5, 5.41) is 17.4. The lowest BCUT2D eigenvalue weighted by atomic mass is 9.73. The number of halogens is 1. The van der Waals surface area contributed by atoms with Gasteiger partial charge in [0.25, 0.3) is 5.17 Å². The van der Waals surface area contributed by atoms with Crippen LogP contribution in [0.1, 0.15) is 80.2 Å². The summed E-state index contributed by atoms with van der Waals surface area (Å²) in [5.41, 5.74) is -2.11. The van der Waals surface area contributed by atoms with Gasteiger partial charge in [-0.05, 0) is 101 Å². The summed E-state index contributed by atoms with van der Waals surface area (Å²) in [4.78, 5) is 62.4. The van der Waals surface area contributed by atoms with Crippen molar-refractivity contribution in [3.05, 3.63) is 34.6 Å². The second-order valence-corrected chi connectivity index (χ2v) is 17.0. The van der Waals surface area contributed by atoms with Crippen LogP contribution in [-0.4, -0.2) is 118 Å². The second kappa shape index (κ2) is 18.5. The fraction of sp³-hybridized carbons (Fsp3) is 0.692. The van der Waals surface area contributed by atoms with Crippen LogP contribution in [0, 0.1) is 23.7 Å². The van der Waals surface area contributed by atoms with Gasteiger partial charge in [0.2, 0.25) is 0 Å². The van der Waals surface area contributed by atoms with Gasteiger partial charge in [0.05, 0.1) is 12.1 Å². The number of carbonyl (C=O) groups excluding carboxylic acids is 4. The molecule has 3 N–H and O–H groups in total. The maximum atomic E-state index is 14.4. The molecule has 16 heteroatoms. The van der Waals surface area contributed by atoms with E-state index in [0.717, 1.165) is 5.56 Å². The molecule has 1 unspecified atom stereocenters. The lowest BCUT2D eigenvalue weighted by Crippen LogP contribution is -2.60. The van der Waals surface area contributed by atoms with Crippen molar-refractivity contribution in [3.63, 3.8) is 0 Å². The molecule has 0 bridgehead atoms. The molecule has 0 radical (unpaired) electrons. The zero-order valence-corrected chi connectivity index (χ0v) is 35.8. The number of alkyl carbamates (subject to hydrolysis) is 1. The average molecular weight is 854 g/mol. The topological polar surface area (TPSA) is 175 Å². The minimum Gasteiger partial charge on any atom is -0.459 e. The number of likely N-dealkylation sites (N-methyl/N-ethyl adjacent to an activating group) is 1. The Labute approximate surface area is 337 Å². The van der Waals surface area contributed by atoms with Crippen molar-refractivity contribution in [1.82, 2.24) is 20.5 Å². The average Bonchev–Trinajstić information content (AvgIpc) is 3.44. The normalized spacial score (nSPS) is 37.8. The molecular formula is C39H57BrN4O10S. The molecule has 55 heavy (non-hydrogen) atoms. The number of fused-ring (bicyclic) bond motifs is 1. The summed E-state index contributed by atoms with van der Waals surface area (Å²) in [6, 6.07) is 2.60. The van der Waals surface area contributed by atoms with Gasteiger partial charge < -0.3 is 44.3 Å². The number of carbonyl (C=O) groups is 4. The number of nitrogens with zero attached hydrogens (tertiary/aromatic N) is 2. The number of Topliss-reactive ketones (excluding diaryl/α,β-unsaturated/α-hetero) is 2. The molecule has 3 aliphatic heterocycles. The fourth-order valence-electron chi connectivity index (χ4n) is 8.16. The maximum absolute atomic E-state index is 14.4. The second-order valence-electron chi connectivity index (χ2n) is 15.8. The molecule has 0 aromatic carbocycles. The number of ether oxygens (including phenoxy) is 5. The summed E-state index contributed by atoms with van der Waals surface area (Å²) in [6.07, 6.45) is 0.177. The Balaban J connectivity index is 1.77. The van der Waals surface area contributed by atoms with Crippen molar-refractivity contribution < 1.29 is 48.0 Å². The number of nitrogens with one attached hydrogen (secondary N) is 2. The smallest absolute Gasteiger partial charge is 0.408 e.